The van der Waals surface area contributed by atoms with E-state index in [4.69, 9.17) is 0 Å². The number of anilines is 1. The molecule has 1 N–H and O–H groups in total. The van der Waals surface area contributed by atoms with Crippen LogP contribution in [-0.4, -0.2) is 48.9 Å². The number of carbonyl (C=O) groups is 1. The quantitative estimate of drug-likeness (QED) is 0.823. The Morgan fingerprint density at radius 2 is 1.72 bits per heavy atom. The third-order valence-corrected chi connectivity index (χ3v) is 5.29. The third-order valence-electron chi connectivity index (χ3n) is 5.29. The minimum atomic E-state index is -4.48. The van der Waals surface area contributed by atoms with E-state index in [0.717, 1.165) is 43.4 Å². The van der Waals surface area contributed by atoms with Crippen LogP contribution in [0.1, 0.15) is 32.6 Å². The molecule has 7 heteroatoms. The zero-order chi connectivity index (χ0) is 21.2. The van der Waals surface area contributed by atoms with Crippen molar-refractivity contribution in [2.24, 2.45) is 0 Å². The summed E-state index contributed by atoms with van der Waals surface area (Å²) in [7, 11) is 2.01. The first-order chi connectivity index (χ1) is 13.6. The molecule has 4 nitrogen and oxygen atoms in total. The Bertz CT molecular complexity index is 887. The van der Waals surface area contributed by atoms with Gasteiger partial charge in [-0.15, -0.1) is 0 Å². The van der Waals surface area contributed by atoms with Gasteiger partial charge in [0.1, 0.15) is 0 Å². The van der Waals surface area contributed by atoms with Gasteiger partial charge in [-0.05, 0) is 50.2 Å². The van der Waals surface area contributed by atoms with Crippen LogP contribution < -0.4 is 5.32 Å². The van der Waals surface area contributed by atoms with Crippen LogP contribution in [-0.2, 0) is 12.7 Å². The van der Waals surface area contributed by atoms with E-state index in [9.17, 15) is 18.0 Å². The number of rotatable bonds is 4. The summed E-state index contributed by atoms with van der Waals surface area (Å²) in [4.78, 5) is 16.7. The number of benzene rings is 2. The van der Waals surface area contributed by atoms with Crippen molar-refractivity contribution in [1.82, 2.24) is 9.80 Å². The van der Waals surface area contributed by atoms with Crippen molar-refractivity contribution in [2.75, 3.05) is 38.5 Å². The van der Waals surface area contributed by atoms with E-state index < -0.39 is 17.6 Å². The molecule has 1 amide bonds. The predicted octanol–water partition coefficient (Wildman–Crippen LogP) is 4.32. The van der Waals surface area contributed by atoms with Gasteiger partial charge in [0.2, 0.25) is 0 Å². The van der Waals surface area contributed by atoms with Gasteiger partial charge in [-0.3, -0.25) is 9.69 Å². The molecule has 0 saturated carbocycles. The maximum Gasteiger partial charge on any atom is 0.416 e. The second-order valence-electron chi connectivity index (χ2n) is 7.72. The maximum absolute atomic E-state index is 13.7. The number of aryl methyl sites for hydroxylation is 2. The lowest BCUT2D eigenvalue weighted by Crippen LogP contribution is -2.44. The third kappa shape index (κ3) is 5.36. The van der Waals surface area contributed by atoms with Gasteiger partial charge in [-0.1, -0.05) is 23.8 Å². The van der Waals surface area contributed by atoms with E-state index in [2.05, 4.69) is 10.2 Å². The monoisotopic (exact) mass is 405 g/mol. The lowest BCUT2D eigenvalue weighted by molar-refractivity contribution is -0.138. The fourth-order valence-corrected chi connectivity index (χ4v) is 3.57. The van der Waals surface area contributed by atoms with Gasteiger partial charge in [0.25, 0.3) is 5.91 Å². The number of hydrogen-bond donors (Lipinski definition) is 1. The van der Waals surface area contributed by atoms with Gasteiger partial charge in [0.15, 0.2) is 0 Å². The molecule has 0 aliphatic carbocycles. The highest BCUT2D eigenvalue weighted by molar-refractivity contribution is 6.05. The smallest absolute Gasteiger partial charge is 0.322 e. The zero-order valence-electron chi connectivity index (χ0n) is 16.9. The number of nitrogens with zero attached hydrogens (tertiary/aromatic N) is 2. The van der Waals surface area contributed by atoms with Crippen LogP contribution in [0.5, 0.6) is 0 Å². The highest BCUT2D eigenvalue weighted by Gasteiger charge is 2.34. The van der Waals surface area contributed by atoms with E-state index in [1.165, 1.54) is 6.07 Å². The fourth-order valence-electron chi connectivity index (χ4n) is 3.57. The van der Waals surface area contributed by atoms with Crippen LogP contribution in [0.15, 0.2) is 36.4 Å². The van der Waals surface area contributed by atoms with Crippen LogP contribution in [0.3, 0.4) is 0 Å². The Balaban J connectivity index is 1.81. The number of alkyl halides is 3. The van der Waals surface area contributed by atoms with Crippen molar-refractivity contribution in [2.45, 2.75) is 26.6 Å². The maximum atomic E-state index is 13.7. The number of nitrogens with one attached hydrogen (secondary N) is 1. The fraction of sp³-hybridized carbons (Fsp3) is 0.409. The van der Waals surface area contributed by atoms with E-state index in [1.807, 2.05) is 37.9 Å². The summed E-state index contributed by atoms with van der Waals surface area (Å²) in [6.07, 6.45) is -4.48. The molecule has 156 valence electrons. The van der Waals surface area contributed by atoms with Crippen LogP contribution >= 0.6 is 0 Å². The average molecular weight is 405 g/mol. The number of likely N-dealkylation sites (N-methyl/N-ethyl adjacent to an activating group) is 1. The second kappa shape index (κ2) is 8.55. The van der Waals surface area contributed by atoms with Gasteiger partial charge in [-0.25, -0.2) is 0 Å². The van der Waals surface area contributed by atoms with Crippen molar-refractivity contribution in [3.8, 4) is 0 Å². The molecule has 1 aliphatic heterocycles. The Hall–Kier alpha value is -2.38. The Morgan fingerprint density at radius 3 is 2.34 bits per heavy atom. The van der Waals surface area contributed by atoms with Gasteiger partial charge >= 0.3 is 6.18 Å². The minimum absolute atomic E-state index is 0.143. The minimum Gasteiger partial charge on any atom is -0.322 e. The first-order valence-corrected chi connectivity index (χ1v) is 9.63. The second-order valence-corrected chi connectivity index (χ2v) is 7.72. The summed E-state index contributed by atoms with van der Waals surface area (Å²) in [6, 6.07) is 9.41. The largest absolute Gasteiger partial charge is 0.416 e. The van der Waals surface area contributed by atoms with Gasteiger partial charge in [-0.2, -0.15) is 13.2 Å². The highest BCUT2D eigenvalue weighted by atomic mass is 19.4. The molecular formula is C22H26F3N3O. The number of amides is 1. The molecular weight excluding hydrogens is 379 g/mol. The summed E-state index contributed by atoms with van der Waals surface area (Å²) >= 11 is 0. The van der Waals surface area contributed by atoms with Crippen molar-refractivity contribution >= 4 is 11.6 Å². The van der Waals surface area contributed by atoms with E-state index in [-0.39, 0.29) is 17.8 Å². The summed E-state index contributed by atoms with van der Waals surface area (Å²) in [5.74, 6) is -0.414. The molecule has 1 fully saturated rings. The number of halogens is 3. The Morgan fingerprint density at radius 1 is 1.03 bits per heavy atom. The predicted molar refractivity (Wildman–Crippen MR) is 108 cm³/mol. The summed E-state index contributed by atoms with van der Waals surface area (Å²) in [6.45, 7) is 7.12. The Labute approximate surface area is 169 Å². The molecule has 1 saturated heterocycles. The normalized spacial score (nSPS) is 16.1. The molecule has 0 bridgehead atoms. The van der Waals surface area contributed by atoms with Crippen molar-refractivity contribution in [3.63, 3.8) is 0 Å². The molecule has 0 radical (unpaired) electrons. The van der Waals surface area contributed by atoms with E-state index in [0.29, 0.717) is 5.56 Å². The van der Waals surface area contributed by atoms with Crippen molar-refractivity contribution < 1.29 is 18.0 Å². The van der Waals surface area contributed by atoms with Gasteiger partial charge in [0.05, 0.1) is 5.56 Å². The number of piperazine rings is 1. The lowest BCUT2D eigenvalue weighted by atomic mass is 10.0. The lowest BCUT2D eigenvalue weighted by Gasteiger charge is -2.33. The first kappa shape index (κ1) is 21.3. The molecule has 1 heterocycles. The van der Waals surface area contributed by atoms with Crippen LogP contribution in [0.25, 0.3) is 0 Å². The summed E-state index contributed by atoms with van der Waals surface area (Å²) in [5, 5.41) is 2.61. The first-order valence-electron chi connectivity index (χ1n) is 9.63. The van der Waals surface area contributed by atoms with Crippen LogP contribution in [0, 0.1) is 13.8 Å². The zero-order valence-corrected chi connectivity index (χ0v) is 16.9. The molecule has 2 aromatic rings. The molecule has 0 unspecified atom stereocenters. The molecule has 0 aromatic heterocycles. The molecule has 0 atom stereocenters. The van der Waals surface area contributed by atoms with Crippen molar-refractivity contribution in [1.29, 1.82) is 0 Å². The SMILES string of the molecule is Cc1ccc(C(=O)Nc2ccc(CN3CCN(C)CC3)c(C(F)(F)F)c2)c(C)c1. The molecule has 1 aliphatic rings. The standard InChI is InChI=1S/C22H26F3N3O/c1-15-4-7-19(16(2)12-15)21(29)26-18-6-5-17(20(13-18)22(23,24)25)14-28-10-8-27(3)9-11-28/h4-7,12-13H,8-11,14H2,1-3H3,(H,26,29). The average Bonchev–Trinajstić information content (AvgIpc) is 2.64. The molecule has 2 aromatic carbocycles. The van der Waals surface area contributed by atoms with Crippen LogP contribution in [0.4, 0.5) is 18.9 Å². The van der Waals surface area contributed by atoms with Crippen LogP contribution in [0.2, 0.25) is 0 Å². The molecule has 29 heavy (non-hydrogen) atoms. The van der Waals surface area contributed by atoms with E-state index in [1.54, 1.807) is 12.1 Å². The van der Waals surface area contributed by atoms with Crippen molar-refractivity contribution in [3.05, 3.63) is 64.2 Å². The number of carbonyl (C=O) groups excluding carboxylic acids is 1. The number of hydrogen-bond acceptors (Lipinski definition) is 3. The molecule has 3 rings (SSSR count). The van der Waals surface area contributed by atoms with Gasteiger partial charge < -0.3 is 10.2 Å². The highest BCUT2D eigenvalue weighted by Crippen LogP contribution is 2.34. The molecule has 0 spiro atoms. The Kier molecular flexibility index (Phi) is 6.29. The topological polar surface area (TPSA) is 35.6 Å². The summed E-state index contributed by atoms with van der Waals surface area (Å²) in [5.41, 5.74) is 1.92. The van der Waals surface area contributed by atoms with E-state index >= 15 is 0 Å². The van der Waals surface area contributed by atoms with Gasteiger partial charge in [0, 0.05) is 44.0 Å². The summed E-state index contributed by atoms with van der Waals surface area (Å²) < 4.78 is 41.0.